The zero-order valence-corrected chi connectivity index (χ0v) is 15.1. The molecule has 1 N–H and O–H groups in total. The molecular weight excluding hydrogens is 312 g/mol. The van der Waals surface area contributed by atoms with Gasteiger partial charge in [0.1, 0.15) is 11.6 Å². The molecule has 0 aliphatic heterocycles. The Balaban J connectivity index is 1.51. The number of hydrogen-bond donors (Lipinski definition) is 1. The van der Waals surface area contributed by atoms with Crippen molar-refractivity contribution < 1.29 is 5.11 Å². The highest BCUT2D eigenvalue weighted by Gasteiger charge is 2.57. The second-order valence-electron chi connectivity index (χ2n) is 8.99. The summed E-state index contributed by atoms with van der Waals surface area (Å²) < 4.78 is 1.92. The van der Waals surface area contributed by atoms with Gasteiger partial charge >= 0.3 is 0 Å². The fourth-order valence-corrected chi connectivity index (χ4v) is 6.35. The molecule has 4 aliphatic carbocycles. The predicted molar refractivity (Wildman–Crippen MR) is 94.4 cm³/mol. The van der Waals surface area contributed by atoms with Crippen LogP contribution in [0.2, 0.25) is 0 Å². The summed E-state index contributed by atoms with van der Waals surface area (Å²) >= 11 is 0. The summed E-state index contributed by atoms with van der Waals surface area (Å²) in [7, 11) is 0. The lowest BCUT2D eigenvalue weighted by atomic mass is 9.47. The van der Waals surface area contributed by atoms with Crippen LogP contribution in [0.3, 0.4) is 0 Å². The molecule has 4 aliphatic rings. The van der Waals surface area contributed by atoms with Crippen LogP contribution in [0.15, 0.2) is 18.2 Å². The van der Waals surface area contributed by atoms with Crippen molar-refractivity contribution in [2.45, 2.75) is 64.4 Å². The Morgan fingerprint density at radius 3 is 2.56 bits per heavy atom. The average molecular weight is 338 g/mol. The van der Waals surface area contributed by atoms with E-state index in [-0.39, 0.29) is 5.41 Å². The summed E-state index contributed by atoms with van der Waals surface area (Å²) in [5.74, 6) is 4.03. The molecule has 2 unspecified atom stereocenters. The molecule has 2 atom stereocenters. The lowest BCUT2D eigenvalue weighted by Gasteiger charge is -2.60. The molecule has 2 heterocycles. The first-order valence-electron chi connectivity index (χ1n) is 9.51. The SMILES string of the molecule is Cc1cccc(-n2nc(C)nc2CC23CC4CC(CC(O)(C4)C2)C3)n1. The van der Waals surface area contributed by atoms with Gasteiger partial charge in [0.15, 0.2) is 5.82 Å². The van der Waals surface area contributed by atoms with Crippen LogP contribution in [0.1, 0.15) is 55.9 Å². The topological polar surface area (TPSA) is 63.8 Å². The summed E-state index contributed by atoms with van der Waals surface area (Å²) in [6.07, 6.45) is 7.64. The quantitative estimate of drug-likeness (QED) is 0.934. The van der Waals surface area contributed by atoms with Gasteiger partial charge < -0.3 is 5.11 Å². The molecule has 0 spiro atoms. The van der Waals surface area contributed by atoms with Crippen LogP contribution >= 0.6 is 0 Å². The maximum Gasteiger partial charge on any atom is 0.155 e. The predicted octanol–water partition coefficient (Wildman–Crippen LogP) is 3.15. The molecule has 5 heteroatoms. The van der Waals surface area contributed by atoms with Crippen molar-refractivity contribution in [2.24, 2.45) is 17.3 Å². The summed E-state index contributed by atoms with van der Waals surface area (Å²) in [5.41, 5.74) is 0.756. The van der Waals surface area contributed by atoms with Crippen LogP contribution in [0.25, 0.3) is 5.82 Å². The van der Waals surface area contributed by atoms with Crippen molar-refractivity contribution in [2.75, 3.05) is 0 Å². The Kier molecular flexibility index (Phi) is 3.18. The van der Waals surface area contributed by atoms with Crippen LogP contribution in [0.4, 0.5) is 0 Å². The van der Waals surface area contributed by atoms with Crippen molar-refractivity contribution in [3.8, 4) is 5.82 Å². The first-order valence-corrected chi connectivity index (χ1v) is 9.51. The van der Waals surface area contributed by atoms with Gasteiger partial charge in [-0.3, -0.25) is 0 Å². The molecule has 5 nitrogen and oxygen atoms in total. The molecule has 4 bridgehead atoms. The van der Waals surface area contributed by atoms with Gasteiger partial charge in [-0.1, -0.05) is 6.07 Å². The standard InChI is InChI=1S/C20H26N4O/c1-13-4-3-5-17(21-13)24-18(22-14(2)23-24)11-19-7-15-6-16(8-19)10-20(25,9-15)12-19/h3-5,15-16,25H,6-12H2,1-2H3. The second-order valence-corrected chi connectivity index (χ2v) is 8.99. The van der Waals surface area contributed by atoms with Crippen LogP contribution in [0, 0.1) is 31.1 Å². The van der Waals surface area contributed by atoms with Crippen molar-refractivity contribution in [3.63, 3.8) is 0 Å². The third-order valence-corrected chi connectivity index (χ3v) is 6.56. The zero-order chi connectivity index (χ0) is 17.2. The summed E-state index contributed by atoms with van der Waals surface area (Å²) in [5, 5.41) is 15.6. The van der Waals surface area contributed by atoms with E-state index < -0.39 is 5.60 Å². The first kappa shape index (κ1) is 15.5. The van der Waals surface area contributed by atoms with E-state index in [4.69, 9.17) is 4.98 Å². The fraction of sp³-hybridized carbons (Fsp3) is 0.650. The van der Waals surface area contributed by atoms with Crippen LogP contribution in [-0.2, 0) is 6.42 Å². The third-order valence-electron chi connectivity index (χ3n) is 6.56. The smallest absolute Gasteiger partial charge is 0.155 e. The Labute approximate surface area is 148 Å². The molecule has 25 heavy (non-hydrogen) atoms. The third kappa shape index (κ3) is 2.60. The lowest BCUT2D eigenvalue weighted by Crippen LogP contribution is -2.56. The number of rotatable bonds is 3. The largest absolute Gasteiger partial charge is 0.390 e. The van der Waals surface area contributed by atoms with Crippen molar-refractivity contribution in [3.05, 3.63) is 35.5 Å². The number of hydrogen-bond acceptors (Lipinski definition) is 4. The van der Waals surface area contributed by atoms with Gasteiger partial charge in [-0.2, -0.15) is 4.68 Å². The Hall–Kier alpha value is -1.75. The monoisotopic (exact) mass is 338 g/mol. The molecule has 4 saturated carbocycles. The number of aryl methyl sites for hydroxylation is 2. The van der Waals surface area contributed by atoms with E-state index in [1.807, 2.05) is 36.7 Å². The lowest BCUT2D eigenvalue weighted by molar-refractivity contribution is -0.163. The molecule has 132 valence electrons. The van der Waals surface area contributed by atoms with E-state index in [1.54, 1.807) is 0 Å². The summed E-state index contributed by atoms with van der Waals surface area (Å²) in [4.78, 5) is 9.38. The van der Waals surface area contributed by atoms with Gasteiger partial charge in [0.05, 0.1) is 5.60 Å². The maximum absolute atomic E-state index is 11.0. The highest BCUT2D eigenvalue weighted by atomic mass is 16.3. The molecular formula is C20H26N4O. The van der Waals surface area contributed by atoms with Crippen molar-refractivity contribution >= 4 is 0 Å². The molecule has 6 rings (SSSR count). The van der Waals surface area contributed by atoms with E-state index in [0.29, 0.717) is 11.8 Å². The van der Waals surface area contributed by atoms with Gasteiger partial charge in [-0.15, -0.1) is 5.10 Å². The minimum Gasteiger partial charge on any atom is -0.390 e. The van der Waals surface area contributed by atoms with Crippen LogP contribution in [0.5, 0.6) is 0 Å². The molecule has 4 fully saturated rings. The number of nitrogens with zero attached hydrogens (tertiary/aromatic N) is 4. The van der Waals surface area contributed by atoms with Crippen LogP contribution < -0.4 is 0 Å². The Morgan fingerprint density at radius 2 is 1.88 bits per heavy atom. The molecule has 2 aromatic heterocycles. The van der Waals surface area contributed by atoms with Gasteiger partial charge in [-0.25, -0.2) is 9.97 Å². The number of aliphatic hydroxyl groups is 1. The van der Waals surface area contributed by atoms with E-state index in [9.17, 15) is 5.11 Å². The second kappa shape index (κ2) is 5.13. The summed E-state index contributed by atoms with van der Waals surface area (Å²) in [6, 6.07) is 6.02. The molecule has 0 aromatic carbocycles. The minimum absolute atomic E-state index is 0.194. The van der Waals surface area contributed by atoms with E-state index in [1.165, 1.54) is 19.3 Å². The number of pyridine rings is 1. The van der Waals surface area contributed by atoms with Gasteiger partial charge in [-0.05, 0) is 81.8 Å². The molecule has 0 radical (unpaired) electrons. The zero-order valence-electron chi connectivity index (χ0n) is 15.1. The molecule has 0 amide bonds. The highest BCUT2D eigenvalue weighted by molar-refractivity contribution is 5.25. The maximum atomic E-state index is 11.0. The van der Waals surface area contributed by atoms with E-state index in [2.05, 4.69) is 10.1 Å². The van der Waals surface area contributed by atoms with Gasteiger partial charge in [0.25, 0.3) is 0 Å². The Bertz CT molecular complexity index is 813. The normalized spacial score (nSPS) is 36.1. The van der Waals surface area contributed by atoms with Gasteiger partial charge in [0, 0.05) is 12.1 Å². The number of aromatic nitrogens is 4. The fourth-order valence-electron chi connectivity index (χ4n) is 6.35. The van der Waals surface area contributed by atoms with E-state index >= 15 is 0 Å². The van der Waals surface area contributed by atoms with Crippen LogP contribution in [-0.4, -0.2) is 30.5 Å². The van der Waals surface area contributed by atoms with Crippen molar-refractivity contribution in [1.29, 1.82) is 0 Å². The highest BCUT2D eigenvalue weighted by Crippen LogP contribution is 2.62. The Morgan fingerprint density at radius 1 is 1.12 bits per heavy atom. The average Bonchev–Trinajstić information content (AvgIpc) is 2.84. The van der Waals surface area contributed by atoms with Crippen molar-refractivity contribution in [1.82, 2.24) is 19.7 Å². The first-order chi connectivity index (χ1) is 11.9. The minimum atomic E-state index is -0.425. The van der Waals surface area contributed by atoms with E-state index in [0.717, 1.165) is 48.8 Å². The summed E-state index contributed by atoms with van der Waals surface area (Å²) in [6.45, 7) is 3.95. The molecule has 2 aromatic rings. The van der Waals surface area contributed by atoms with Gasteiger partial charge in [0.2, 0.25) is 0 Å². The molecule has 0 saturated heterocycles.